The second-order valence-corrected chi connectivity index (χ2v) is 7.87. The van der Waals surface area contributed by atoms with Crippen LogP contribution in [0.15, 0.2) is 12.2 Å². The Labute approximate surface area is 203 Å². The smallest absolute Gasteiger partial charge is 0.460 e. The maximum atomic E-state index is 13.8. The quantitative estimate of drug-likeness (QED) is 0.169. The summed E-state index contributed by atoms with van der Waals surface area (Å²) in [7, 11) is 0. The number of carboxylic acid groups (broad SMARTS) is 2. The summed E-state index contributed by atoms with van der Waals surface area (Å²) < 4.78 is 234. The maximum Gasteiger partial charge on any atom is 0.460 e. The van der Waals surface area contributed by atoms with Gasteiger partial charge in [0.2, 0.25) is 0 Å². The van der Waals surface area contributed by atoms with Crippen LogP contribution >= 0.6 is 0 Å². The molecule has 0 aliphatic carbocycles. The van der Waals surface area contributed by atoms with Crippen LogP contribution in [0.3, 0.4) is 0 Å². The number of alkyl halides is 18. The minimum atomic E-state index is -7.56. The van der Waals surface area contributed by atoms with Crippen molar-refractivity contribution >= 4 is 11.9 Å². The lowest BCUT2D eigenvalue weighted by atomic mass is 9.71. The van der Waals surface area contributed by atoms with Crippen LogP contribution < -0.4 is 0 Å². The molecule has 0 spiro atoms. The molecule has 0 bridgehead atoms. The van der Waals surface area contributed by atoms with Gasteiger partial charge in [0.15, 0.2) is 0 Å². The predicted octanol–water partition coefficient (Wildman–Crippen LogP) is 7.20. The van der Waals surface area contributed by atoms with E-state index in [9.17, 15) is 93.7 Å². The van der Waals surface area contributed by atoms with Gasteiger partial charge in [0, 0.05) is 18.4 Å². The van der Waals surface area contributed by atoms with Crippen LogP contribution in [0.4, 0.5) is 79.0 Å². The van der Waals surface area contributed by atoms with Crippen molar-refractivity contribution in [2.45, 2.75) is 73.6 Å². The molecule has 22 heteroatoms. The van der Waals surface area contributed by atoms with Crippen LogP contribution in [-0.4, -0.2) is 70.0 Å². The standard InChI is InChI=1S/C17H12F18O4/c1-6(7(36)37)9(8(38)39,2-4-10(18,19)12(22,23)14(26,27)16(30,31)32)3-5-11(20,21)13(24,25)15(28,29)17(33,34)35/h1-5H2,(H,36,37)(H,38,39). The molecular formula is C17H12F18O4. The third kappa shape index (κ3) is 5.97. The maximum absolute atomic E-state index is 13.8. The third-order valence-corrected chi connectivity index (χ3v) is 5.40. The van der Waals surface area contributed by atoms with E-state index in [1.165, 1.54) is 0 Å². The van der Waals surface area contributed by atoms with Crippen molar-refractivity contribution in [2.75, 3.05) is 0 Å². The highest BCUT2D eigenvalue weighted by Gasteiger charge is 2.82. The van der Waals surface area contributed by atoms with Crippen LogP contribution in [0.5, 0.6) is 0 Å². The fourth-order valence-electron chi connectivity index (χ4n) is 2.84. The second-order valence-electron chi connectivity index (χ2n) is 7.87. The van der Waals surface area contributed by atoms with E-state index >= 15 is 0 Å². The summed E-state index contributed by atoms with van der Waals surface area (Å²) in [4.78, 5) is 22.7. The molecule has 0 aromatic rings. The van der Waals surface area contributed by atoms with E-state index < -0.39 is 96.5 Å². The Balaban J connectivity index is 6.65. The number of halogens is 18. The Morgan fingerprint density at radius 3 is 0.923 bits per heavy atom. The summed E-state index contributed by atoms with van der Waals surface area (Å²) in [6.07, 6.45) is -26.6. The van der Waals surface area contributed by atoms with Crippen molar-refractivity contribution in [2.24, 2.45) is 5.41 Å². The Bertz CT molecular complexity index is 892. The van der Waals surface area contributed by atoms with E-state index in [2.05, 4.69) is 6.58 Å². The summed E-state index contributed by atoms with van der Waals surface area (Å²) in [5.41, 5.74) is -6.40. The van der Waals surface area contributed by atoms with Gasteiger partial charge >= 0.3 is 59.8 Å². The van der Waals surface area contributed by atoms with Crippen molar-refractivity contribution in [3.63, 3.8) is 0 Å². The molecule has 0 aromatic carbocycles. The summed E-state index contributed by atoms with van der Waals surface area (Å²) in [5.74, 6) is -49.1. The third-order valence-electron chi connectivity index (χ3n) is 5.40. The first kappa shape index (κ1) is 36.4. The van der Waals surface area contributed by atoms with Crippen LogP contribution in [0.2, 0.25) is 0 Å². The average Bonchev–Trinajstić information content (AvgIpc) is 2.70. The van der Waals surface area contributed by atoms with Gasteiger partial charge in [-0.25, -0.2) is 4.79 Å². The lowest BCUT2D eigenvalue weighted by molar-refractivity contribution is -0.397. The van der Waals surface area contributed by atoms with Crippen molar-refractivity contribution in [1.82, 2.24) is 0 Å². The van der Waals surface area contributed by atoms with E-state index in [1.807, 2.05) is 0 Å². The molecule has 0 heterocycles. The largest absolute Gasteiger partial charge is 0.481 e. The monoisotopic (exact) mass is 622 g/mol. The second kappa shape index (κ2) is 10.1. The van der Waals surface area contributed by atoms with Crippen molar-refractivity contribution in [1.29, 1.82) is 0 Å². The van der Waals surface area contributed by atoms with Crippen LogP contribution in [0, 0.1) is 5.41 Å². The first-order valence-corrected chi connectivity index (χ1v) is 9.27. The number of aliphatic carboxylic acids is 2. The highest BCUT2D eigenvalue weighted by molar-refractivity contribution is 5.96. The minimum Gasteiger partial charge on any atom is -0.481 e. The zero-order valence-corrected chi connectivity index (χ0v) is 18.0. The van der Waals surface area contributed by atoms with Crippen molar-refractivity contribution in [3.05, 3.63) is 12.2 Å². The Morgan fingerprint density at radius 1 is 0.487 bits per heavy atom. The first-order chi connectivity index (χ1) is 16.7. The van der Waals surface area contributed by atoms with E-state index in [0.717, 1.165) is 0 Å². The lowest BCUT2D eigenvalue weighted by Crippen LogP contribution is -2.61. The molecular weight excluding hydrogens is 610 g/mol. The fraction of sp³-hybridized carbons (Fsp3) is 0.765. The number of carboxylic acids is 2. The van der Waals surface area contributed by atoms with E-state index in [0.29, 0.717) is 0 Å². The highest BCUT2D eigenvalue weighted by atomic mass is 19.4. The molecule has 0 saturated heterocycles. The van der Waals surface area contributed by atoms with Gasteiger partial charge in [-0.05, 0) is 12.8 Å². The molecule has 230 valence electrons. The van der Waals surface area contributed by atoms with E-state index in [-0.39, 0.29) is 0 Å². The zero-order chi connectivity index (χ0) is 32.1. The Morgan fingerprint density at radius 2 is 0.744 bits per heavy atom. The average molecular weight is 622 g/mol. The molecule has 0 rings (SSSR count). The van der Waals surface area contributed by atoms with Crippen molar-refractivity contribution < 1.29 is 98.8 Å². The molecule has 0 radical (unpaired) electrons. The summed E-state index contributed by atoms with van der Waals surface area (Å²) >= 11 is 0. The molecule has 0 saturated carbocycles. The van der Waals surface area contributed by atoms with Gasteiger partial charge in [-0.1, -0.05) is 6.58 Å². The Kier molecular flexibility index (Phi) is 9.44. The summed E-state index contributed by atoms with van der Waals surface area (Å²) in [6.45, 7) is 2.35. The van der Waals surface area contributed by atoms with Gasteiger partial charge in [-0.3, -0.25) is 4.79 Å². The lowest BCUT2D eigenvalue weighted by Gasteiger charge is -2.38. The molecule has 0 fully saturated rings. The van der Waals surface area contributed by atoms with Gasteiger partial charge in [0.25, 0.3) is 0 Å². The van der Waals surface area contributed by atoms with Gasteiger partial charge in [0.1, 0.15) is 0 Å². The van der Waals surface area contributed by atoms with Gasteiger partial charge in [0.05, 0.1) is 5.41 Å². The zero-order valence-electron chi connectivity index (χ0n) is 18.0. The van der Waals surface area contributed by atoms with E-state index in [1.54, 1.807) is 0 Å². The van der Waals surface area contributed by atoms with Gasteiger partial charge < -0.3 is 10.2 Å². The summed E-state index contributed by atoms with van der Waals surface area (Å²) in [6, 6.07) is 0. The fourth-order valence-corrected chi connectivity index (χ4v) is 2.84. The number of rotatable bonds is 13. The molecule has 0 unspecified atom stereocenters. The molecule has 39 heavy (non-hydrogen) atoms. The molecule has 4 nitrogen and oxygen atoms in total. The molecule has 0 atom stereocenters. The van der Waals surface area contributed by atoms with Crippen molar-refractivity contribution in [3.8, 4) is 0 Å². The molecule has 2 N–H and O–H groups in total. The minimum absolute atomic E-state index is 2.18. The van der Waals surface area contributed by atoms with Gasteiger partial charge in [-0.15, -0.1) is 0 Å². The molecule has 0 aromatic heterocycles. The van der Waals surface area contributed by atoms with Crippen LogP contribution in [0.25, 0.3) is 0 Å². The molecule has 0 aliphatic heterocycles. The van der Waals surface area contributed by atoms with Crippen LogP contribution in [0.1, 0.15) is 25.7 Å². The Hall–Kier alpha value is -2.58. The van der Waals surface area contributed by atoms with E-state index in [4.69, 9.17) is 5.11 Å². The number of carbonyl (C=O) groups is 2. The predicted molar refractivity (Wildman–Crippen MR) is 87.1 cm³/mol. The molecule has 0 aliphatic rings. The van der Waals surface area contributed by atoms with Gasteiger partial charge in [-0.2, -0.15) is 79.0 Å². The highest BCUT2D eigenvalue weighted by Crippen LogP contribution is 2.57. The SMILES string of the molecule is C=C(C(=O)O)C(CCC(F)(F)C(F)(F)C(F)(F)C(F)(F)F)(CCC(F)(F)C(F)(F)C(F)(F)C(F)(F)F)C(=O)O. The van der Waals surface area contributed by atoms with Crippen LogP contribution in [-0.2, 0) is 9.59 Å². The topological polar surface area (TPSA) is 74.6 Å². The molecule has 0 amide bonds. The number of hydrogen-bond acceptors (Lipinski definition) is 2. The number of hydrogen-bond donors (Lipinski definition) is 2. The first-order valence-electron chi connectivity index (χ1n) is 9.27. The normalized spacial score (nSPS) is 15.3. The summed E-state index contributed by atoms with van der Waals surface area (Å²) in [5, 5.41) is 18.0.